The standard InChI is InChI=1S/C16H17FN2O4/c1-11(23-14-6-4-13(22-2)5-7-14)10-18-16-8-3-12(19(20)21)9-15(16)17/h3-9,11,18H,10H2,1-2H3. The number of nitrogens with zero attached hydrogens (tertiary/aromatic N) is 1. The van der Waals surface area contributed by atoms with Gasteiger partial charge in [0.05, 0.1) is 30.3 Å². The normalized spacial score (nSPS) is 11.6. The van der Waals surface area contributed by atoms with Crippen LogP contribution in [0.5, 0.6) is 11.5 Å². The van der Waals surface area contributed by atoms with Crippen LogP contribution in [0.4, 0.5) is 15.8 Å². The predicted octanol–water partition coefficient (Wildman–Crippen LogP) is 3.62. The van der Waals surface area contributed by atoms with Crippen molar-refractivity contribution < 1.29 is 18.8 Å². The summed E-state index contributed by atoms with van der Waals surface area (Å²) in [7, 11) is 1.58. The second-order valence-corrected chi connectivity index (χ2v) is 4.91. The van der Waals surface area contributed by atoms with Crippen LogP contribution in [-0.2, 0) is 0 Å². The van der Waals surface area contributed by atoms with Gasteiger partial charge >= 0.3 is 0 Å². The average molecular weight is 320 g/mol. The van der Waals surface area contributed by atoms with Crippen molar-refractivity contribution >= 4 is 11.4 Å². The molecule has 0 heterocycles. The first-order chi connectivity index (χ1) is 11.0. The highest BCUT2D eigenvalue weighted by atomic mass is 19.1. The number of hydrogen-bond donors (Lipinski definition) is 1. The monoisotopic (exact) mass is 320 g/mol. The van der Waals surface area contributed by atoms with Crippen molar-refractivity contribution in [3.05, 3.63) is 58.4 Å². The molecule has 0 aliphatic carbocycles. The van der Waals surface area contributed by atoms with Crippen LogP contribution in [0, 0.1) is 15.9 Å². The van der Waals surface area contributed by atoms with Crippen molar-refractivity contribution in [2.24, 2.45) is 0 Å². The molecule has 7 heteroatoms. The topological polar surface area (TPSA) is 73.6 Å². The Bertz CT molecular complexity index is 676. The number of nitro groups is 1. The zero-order valence-corrected chi connectivity index (χ0v) is 12.8. The zero-order valence-electron chi connectivity index (χ0n) is 12.8. The molecule has 0 aliphatic heterocycles. The maximum absolute atomic E-state index is 13.7. The first-order valence-corrected chi connectivity index (χ1v) is 6.98. The van der Waals surface area contributed by atoms with Gasteiger partial charge in [0, 0.05) is 6.07 Å². The smallest absolute Gasteiger partial charge is 0.272 e. The summed E-state index contributed by atoms with van der Waals surface area (Å²) in [5, 5.41) is 13.4. The van der Waals surface area contributed by atoms with Crippen molar-refractivity contribution in [1.82, 2.24) is 0 Å². The molecule has 1 unspecified atom stereocenters. The van der Waals surface area contributed by atoms with E-state index in [2.05, 4.69) is 5.32 Å². The Morgan fingerprint density at radius 1 is 1.22 bits per heavy atom. The first kappa shape index (κ1) is 16.5. The molecule has 0 spiro atoms. The summed E-state index contributed by atoms with van der Waals surface area (Å²) >= 11 is 0. The van der Waals surface area contributed by atoms with Gasteiger partial charge in [-0.15, -0.1) is 0 Å². The lowest BCUT2D eigenvalue weighted by molar-refractivity contribution is -0.385. The van der Waals surface area contributed by atoms with E-state index in [0.29, 0.717) is 12.3 Å². The largest absolute Gasteiger partial charge is 0.497 e. The molecule has 0 bridgehead atoms. The summed E-state index contributed by atoms with van der Waals surface area (Å²) in [6.45, 7) is 2.18. The summed E-state index contributed by atoms with van der Waals surface area (Å²) in [5.41, 5.74) is -0.0867. The molecule has 0 aromatic heterocycles. The Hall–Kier alpha value is -2.83. The van der Waals surface area contributed by atoms with Gasteiger partial charge in [0.15, 0.2) is 5.82 Å². The number of methoxy groups -OCH3 is 1. The Kier molecular flexibility index (Phi) is 5.35. The van der Waals surface area contributed by atoms with Gasteiger partial charge in [0.1, 0.15) is 17.6 Å². The number of anilines is 1. The Morgan fingerprint density at radius 3 is 2.43 bits per heavy atom. The van der Waals surface area contributed by atoms with E-state index in [1.165, 1.54) is 12.1 Å². The number of benzene rings is 2. The molecule has 6 nitrogen and oxygen atoms in total. The molecule has 0 saturated carbocycles. The number of nitro benzene ring substituents is 1. The van der Waals surface area contributed by atoms with E-state index in [0.717, 1.165) is 11.8 Å². The van der Waals surface area contributed by atoms with E-state index in [1.807, 2.05) is 6.92 Å². The Labute approximate surface area is 133 Å². The van der Waals surface area contributed by atoms with Crippen LogP contribution in [0.15, 0.2) is 42.5 Å². The van der Waals surface area contributed by atoms with Gasteiger partial charge in [-0.3, -0.25) is 10.1 Å². The highest BCUT2D eigenvalue weighted by Crippen LogP contribution is 2.21. The third-order valence-electron chi connectivity index (χ3n) is 3.14. The maximum Gasteiger partial charge on any atom is 0.272 e. The third-order valence-corrected chi connectivity index (χ3v) is 3.14. The number of nitrogens with one attached hydrogen (secondary N) is 1. The molecule has 0 amide bonds. The van der Waals surface area contributed by atoms with Crippen molar-refractivity contribution in [2.75, 3.05) is 19.0 Å². The lowest BCUT2D eigenvalue weighted by Gasteiger charge is -2.16. The Balaban J connectivity index is 1.90. The minimum atomic E-state index is -0.671. The van der Waals surface area contributed by atoms with Crippen molar-refractivity contribution in [3.63, 3.8) is 0 Å². The van der Waals surface area contributed by atoms with Gasteiger partial charge in [-0.05, 0) is 37.3 Å². The molecule has 0 aliphatic rings. The van der Waals surface area contributed by atoms with E-state index < -0.39 is 10.7 Å². The third kappa shape index (κ3) is 4.57. The molecule has 2 aromatic carbocycles. The van der Waals surface area contributed by atoms with Crippen molar-refractivity contribution in [1.29, 1.82) is 0 Å². The number of halogens is 1. The second kappa shape index (κ2) is 7.44. The van der Waals surface area contributed by atoms with Crippen LogP contribution in [-0.4, -0.2) is 24.7 Å². The molecule has 2 rings (SSSR count). The Morgan fingerprint density at radius 2 is 1.87 bits per heavy atom. The van der Waals surface area contributed by atoms with E-state index in [9.17, 15) is 14.5 Å². The first-order valence-electron chi connectivity index (χ1n) is 6.98. The molecule has 0 fully saturated rings. The fraction of sp³-hybridized carbons (Fsp3) is 0.250. The van der Waals surface area contributed by atoms with E-state index in [-0.39, 0.29) is 17.5 Å². The van der Waals surface area contributed by atoms with Crippen LogP contribution in [0.1, 0.15) is 6.92 Å². The molecule has 1 N–H and O–H groups in total. The molecule has 0 radical (unpaired) electrons. The van der Waals surface area contributed by atoms with Crippen LogP contribution in [0.25, 0.3) is 0 Å². The fourth-order valence-corrected chi connectivity index (χ4v) is 1.94. The molecule has 2 aromatic rings. The molecule has 0 saturated heterocycles. The summed E-state index contributed by atoms with van der Waals surface area (Å²) in [6.07, 6.45) is -0.224. The summed E-state index contributed by atoms with van der Waals surface area (Å²) in [6, 6.07) is 10.6. The molecule has 23 heavy (non-hydrogen) atoms. The van der Waals surface area contributed by atoms with Gasteiger partial charge in [0.25, 0.3) is 5.69 Å². The quantitative estimate of drug-likeness (QED) is 0.623. The van der Waals surface area contributed by atoms with Gasteiger partial charge in [0.2, 0.25) is 0 Å². The summed E-state index contributed by atoms with van der Waals surface area (Å²) < 4.78 is 24.5. The van der Waals surface area contributed by atoms with Crippen LogP contribution >= 0.6 is 0 Å². The van der Waals surface area contributed by atoms with E-state index in [4.69, 9.17) is 9.47 Å². The summed E-state index contributed by atoms with van der Waals surface area (Å²) in [4.78, 5) is 9.93. The highest BCUT2D eigenvalue weighted by Gasteiger charge is 2.11. The minimum absolute atomic E-state index is 0.195. The van der Waals surface area contributed by atoms with Gasteiger partial charge in [-0.1, -0.05) is 0 Å². The van der Waals surface area contributed by atoms with Crippen molar-refractivity contribution in [2.45, 2.75) is 13.0 Å². The van der Waals surface area contributed by atoms with Crippen LogP contribution < -0.4 is 14.8 Å². The van der Waals surface area contributed by atoms with Crippen molar-refractivity contribution in [3.8, 4) is 11.5 Å². The molecular formula is C16H17FN2O4. The van der Waals surface area contributed by atoms with Crippen LogP contribution in [0.3, 0.4) is 0 Å². The van der Waals surface area contributed by atoms with E-state index in [1.54, 1.807) is 31.4 Å². The zero-order chi connectivity index (χ0) is 16.8. The SMILES string of the molecule is COc1ccc(OC(C)CNc2ccc([N+](=O)[O-])cc2F)cc1. The van der Waals surface area contributed by atoms with Gasteiger partial charge in [-0.25, -0.2) is 4.39 Å². The molecular weight excluding hydrogens is 303 g/mol. The lowest BCUT2D eigenvalue weighted by Crippen LogP contribution is -2.23. The number of hydrogen-bond acceptors (Lipinski definition) is 5. The lowest BCUT2D eigenvalue weighted by atomic mass is 10.2. The predicted molar refractivity (Wildman–Crippen MR) is 84.6 cm³/mol. The maximum atomic E-state index is 13.7. The van der Waals surface area contributed by atoms with Crippen LogP contribution in [0.2, 0.25) is 0 Å². The second-order valence-electron chi connectivity index (χ2n) is 4.91. The fourth-order valence-electron chi connectivity index (χ4n) is 1.94. The number of ether oxygens (including phenoxy) is 2. The molecule has 122 valence electrons. The minimum Gasteiger partial charge on any atom is -0.497 e. The average Bonchev–Trinajstić information content (AvgIpc) is 2.54. The number of rotatable bonds is 7. The van der Waals surface area contributed by atoms with E-state index >= 15 is 0 Å². The summed E-state index contributed by atoms with van der Waals surface area (Å²) in [5.74, 6) is 0.733. The number of non-ortho nitro benzene ring substituents is 1. The molecule has 1 atom stereocenters. The highest BCUT2D eigenvalue weighted by molar-refractivity contribution is 5.50. The van der Waals surface area contributed by atoms with Gasteiger partial charge < -0.3 is 14.8 Å². The van der Waals surface area contributed by atoms with Gasteiger partial charge in [-0.2, -0.15) is 0 Å².